The average Bonchev–Trinajstić information content (AvgIpc) is 3.50. The number of halogens is 4. The van der Waals surface area contributed by atoms with Crippen LogP contribution in [0.4, 0.5) is 13.2 Å². The predicted octanol–water partition coefficient (Wildman–Crippen LogP) is 6.66. The van der Waals surface area contributed by atoms with E-state index in [-0.39, 0.29) is 41.9 Å². The molecule has 202 valence electrons. The molecular weight excluding hydrogens is 531 g/mol. The van der Waals surface area contributed by atoms with Gasteiger partial charge in [-0.1, -0.05) is 23.4 Å². The lowest BCUT2D eigenvalue weighted by atomic mass is 9.80. The van der Waals surface area contributed by atoms with Crippen LogP contribution in [0.5, 0.6) is 0 Å². The van der Waals surface area contributed by atoms with Gasteiger partial charge in [0.1, 0.15) is 5.82 Å². The summed E-state index contributed by atoms with van der Waals surface area (Å²) in [4.78, 5) is 15.6. The van der Waals surface area contributed by atoms with Crippen molar-refractivity contribution < 1.29 is 27.6 Å². The van der Waals surface area contributed by atoms with E-state index < -0.39 is 23.4 Å². The van der Waals surface area contributed by atoms with Gasteiger partial charge in [0.2, 0.25) is 5.82 Å². The van der Waals surface area contributed by atoms with Gasteiger partial charge >= 0.3 is 5.97 Å². The van der Waals surface area contributed by atoms with Gasteiger partial charge in [0.25, 0.3) is 5.89 Å². The van der Waals surface area contributed by atoms with Gasteiger partial charge in [-0.15, -0.1) is 12.4 Å². The minimum Gasteiger partial charge on any atom is -0.481 e. The number of aromatic nitrogens is 2. The van der Waals surface area contributed by atoms with Crippen LogP contribution in [0.15, 0.2) is 53.1 Å². The molecule has 4 aromatic rings. The fourth-order valence-corrected chi connectivity index (χ4v) is 5.48. The van der Waals surface area contributed by atoms with Crippen molar-refractivity contribution in [1.29, 1.82) is 0 Å². The zero-order chi connectivity index (χ0) is 26.6. The van der Waals surface area contributed by atoms with Crippen LogP contribution in [0.2, 0.25) is 0 Å². The standard InChI is InChI=1S/C29H24F3N3O3.ClH/c1-14-8-17(3-5-21(14)23-12-19(30)13-24(31)26(23)32)28-34-27(35-38-28)16-2-6-22-15(9-16)4-7-25(22)33-20-10-18(11-20)29(36)37;/h2-3,5-6,8-9,12-13,18,20,25,33H,4,7,10-11H2,1H3,(H,36,37);1H. The number of nitrogens with one attached hydrogen (secondary N) is 1. The fraction of sp³-hybridized carbons (Fsp3) is 0.276. The van der Waals surface area contributed by atoms with E-state index in [1.165, 1.54) is 11.1 Å². The molecule has 2 N–H and O–H groups in total. The molecule has 39 heavy (non-hydrogen) atoms. The topological polar surface area (TPSA) is 88.2 Å². The fourth-order valence-electron chi connectivity index (χ4n) is 5.48. The number of carboxylic acid groups (broad SMARTS) is 1. The average molecular weight is 556 g/mol. The summed E-state index contributed by atoms with van der Waals surface area (Å²) in [5.74, 6) is -3.45. The Morgan fingerprint density at radius 1 is 1.03 bits per heavy atom. The van der Waals surface area contributed by atoms with Crippen molar-refractivity contribution in [2.45, 2.75) is 44.7 Å². The van der Waals surface area contributed by atoms with Crippen LogP contribution in [-0.2, 0) is 11.2 Å². The molecule has 6 rings (SSSR count). The van der Waals surface area contributed by atoms with Crippen LogP contribution >= 0.6 is 12.4 Å². The summed E-state index contributed by atoms with van der Waals surface area (Å²) < 4.78 is 47.2. The molecular formula is C29H25ClF3N3O3. The summed E-state index contributed by atoms with van der Waals surface area (Å²) >= 11 is 0. The van der Waals surface area contributed by atoms with Crippen molar-refractivity contribution in [3.05, 3.63) is 82.7 Å². The molecule has 0 radical (unpaired) electrons. The number of hydrogen-bond acceptors (Lipinski definition) is 5. The van der Waals surface area contributed by atoms with E-state index in [4.69, 9.17) is 9.63 Å². The van der Waals surface area contributed by atoms with Crippen LogP contribution in [0.1, 0.15) is 42.0 Å². The largest absolute Gasteiger partial charge is 0.481 e. The molecule has 2 aliphatic carbocycles. The van der Waals surface area contributed by atoms with Gasteiger partial charge in [-0.05, 0) is 79.1 Å². The Balaban J connectivity index is 0.00000308. The predicted molar refractivity (Wildman–Crippen MR) is 141 cm³/mol. The van der Waals surface area contributed by atoms with Gasteiger partial charge in [0.15, 0.2) is 11.6 Å². The van der Waals surface area contributed by atoms with Crippen molar-refractivity contribution in [2.75, 3.05) is 0 Å². The lowest BCUT2D eigenvalue weighted by Gasteiger charge is -2.35. The van der Waals surface area contributed by atoms with Gasteiger partial charge in [0, 0.05) is 34.8 Å². The molecule has 0 aliphatic heterocycles. The number of aryl methyl sites for hydroxylation is 2. The van der Waals surface area contributed by atoms with E-state index in [0.29, 0.717) is 41.4 Å². The first-order valence-electron chi connectivity index (χ1n) is 12.5. The molecule has 1 atom stereocenters. The van der Waals surface area contributed by atoms with E-state index in [2.05, 4.69) is 27.6 Å². The molecule has 1 saturated carbocycles. The van der Waals surface area contributed by atoms with Crippen molar-refractivity contribution in [1.82, 2.24) is 15.5 Å². The molecule has 0 amide bonds. The summed E-state index contributed by atoms with van der Waals surface area (Å²) in [5, 5.41) is 16.8. The van der Waals surface area contributed by atoms with Crippen molar-refractivity contribution in [3.8, 4) is 34.0 Å². The molecule has 6 nitrogen and oxygen atoms in total. The normalized spacial score (nSPS) is 19.7. The third-order valence-corrected chi connectivity index (χ3v) is 7.59. The number of hydrogen-bond donors (Lipinski definition) is 2. The van der Waals surface area contributed by atoms with Crippen LogP contribution in [0.3, 0.4) is 0 Å². The van der Waals surface area contributed by atoms with Gasteiger partial charge in [-0.25, -0.2) is 13.2 Å². The molecule has 1 unspecified atom stereocenters. The molecule has 3 aromatic carbocycles. The summed E-state index contributed by atoms with van der Waals surface area (Å²) in [6.45, 7) is 1.72. The Kier molecular flexibility index (Phi) is 7.22. The second-order valence-corrected chi connectivity index (χ2v) is 10.1. The van der Waals surface area contributed by atoms with Gasteiger partial charge in [0.05, 0.1) is 5.92 Å². The molecule has 0 spiro atoms. The number of fused-ring (bicyclic) bond motifs is 1. The summed E-state index contributed by atoms with van der Waals surface area (Å²) in [7, 11) is 0. The van der Waals surface area contributed by atoms with E-state index in [0.717, 1.165) is 24.5 Å². The number of carboxylic acids is 1. The molecule has 0 saturated heterocycles. The maximum atomic E-state index is 14.3. The number of carbonyl (C=O) groups is 1. The number of benzene rings is 3. The van der Waals surface area contributed by atoms with E-state index in [1.807, 2.05) is 6.07 Å². The van der Waals surface area contributed by atoms with Crippen LogP contribution in [0, 0.1) is 30.3 Å². The highest BCUT2D eigenvalue weighted by Gasteiger charge is 2.36. The van der Waals surface area contributed by atoms with E-state index in [1.54, 1.807) is 25.1 Å². The highest BCUT2D eigenvalue weighted by Crippen LogP contribution is 2.38. The third-order valence-electron chi connectivity index (χ3n) is 7.59. The highest BCUT2D eigenvalue weighted by atomic mass is 35.5. The van der Waals surface area contributed by atoms with Crippen LogP contribution in [-0.4, -0.2) is 27.3 Å². The highest BCUT2D eigenvalue weighted by molar-refractivity contribution is 5.85. The zero-order valence-electron chi connectivity index (χ0n) is 20.9. The third kappa shape index (κ3) is 5.04. The minimum atomic E-state index is -1.24. The summed E-state index contributed by atoms with van der Waals surface area (Å²) in [5.41, 5.74) is 4.65. The quantitative estimate of drug-likeness (QED) is 0.259. The SMILES string of the molecule is Cc1cc(-c2nc(-c3ccc4c(c3)CCC4NC3CC(C(=O)O)C3)no2)ccc1-c1cc(F)cc(F)c1F.Cl. The molecule has 1 fully saturated rings. The lowest BCUT2D eigenvalue weighted by Crippen LogP contribution is -2.45. The van der Waals surface area contributed by atoms with Crippen LogP contribution in [0.25, 0.3) is 34.0 Å². The summed E-state index contributed by atoms with van der Waals surface area (Å²) in [6.07, 6.45) is 3.18. The smallest absolute Gasteiger partial charge is 0.306 e. The molecule has 2 aliphatic rings. The second-order valence-electron chi connectivity index (χ2n) is 10.1. The maximum absolute atomic E-state index is 14.3. The number of rotatable bonds is 6. The molecule has 1 aromatic heterocycles. The Bertz CT molecular complexity index is 1570. The zero-order valence-corrected chi connectivity index (χ0v) is 21.7. The van der Waals surface area contributed by atoms with E-state index >= 15 is 0 Å². The Morgan fingerprint density at radius 3 is 2.54 bits per heavy atom. The van der Waals surface area contributed by atoms with Crippen molar-refractivity contribution in [2.24, 2.45) is 5.92 Å². The van der Waals surface area contributed by atoms with Gasteiger partial charge < -0.3 is 14.9 Å². The minimum absolute atomic E-state index is 0. The molecule has 1 heterocycles. The van der Waals surface area contributed by atoms with E-state index in [9.17, 15) is 18.0 Å². The Hall–Kier alpha value is -3.69. The lowest BCUT2D eigenvalue weighted by molar-refractivity contribution is -0.145. The first kappa shape index (κ1) is 26.9. The molecule has 10 heteroatoms. The Morgan fingerprint density at radius 2 is 1.79 bits per heavy atom. The molecule has 0 bridgehead atoms. The van der Waals surface area contributed by atoms with Gasteiger partial charge in [-0.2, -0.15) is 4.98 Å². The van der Waals surface area contributed by atoms with Crippen LogP contribution < -0.4 is 5.32 Å². The Labute approximate surface area is 228 Å². The van der Waals surface area contributed by atoms with Crippen molar-refractivity contribution >= 4 is 18.4 Å². The maximum Gasteiger partial charge on any atom is 0.306 e. The monoisotopic (exact) mass is 555 g/mol. The van der Waals surface area contributed by atoms with Crippen molar-refractivity contribution in [3.63, 3.8) is 0 Å². The first-order valence-corrected chi connectivity index (χ1v) is 12.5. The number of aliphatic carboxylic acids is 1. The summed E-state index contributed by atoms with van der Waals surface area (Å²) in [6, 6.07) is 12.9. The second kappa shape index (κ2) is 10.5. The first-order chi connectivity index (χ1) is 18.3. The van der Waals surface area contributed by atoms with Gasteiger partial charge in [-0.3, -0.25) is 4.79 Å². The number of nitrogens with zero attached hydrogens (tertiary/aromatic N) is 2.